The zero-order valence-corrected chi connectivity index (χ0v) is 12.8. The molecule has 0 heterocycles. The van der Waals surface area contributed by atoms with E-state index in [0.717, 1.165) is 19.4 Å². The maximum absolute atomic E-state index is 12.0. The Bertz CT molecular complexity index is 292. The molecular weight excluding hydrogens is 244 g/mol. The van der Waals surface area contributed by atoms with Crippen molar-refractivity contribution in [1.82, 2.24) is 10.2 Å². The van der Waals surface area contributed by atoms with Crippen LogP contribution in [0.5, 0.6) is 0 Å². The van der Waals surface area contributed by atoms with E-state index < -0.39 is 12.0 Å². The van der Waals surface area contributed by atoms with Crippen molar-refractivity contribution in [3.63, 3.8) is 0 Å². The van der Waals surface area contributed by atoms with E-state index in [1.807, 2.05) is 25.8 Å². The van der Waals surface area contributed by atoms with Gasteiger partial charge in [-0.3, -0.25) is 9.69 Å². The van der Waals surface area contributed by atoms with E-state index in [-0.39, 0.29) is 17.9 Å². The highest BCUT2D eigenvalue weighted by Crippen LogP contribution is 2.06. The third-order valence-corrected chi connectivity index (χ3v) is 3.23. The molecule has 0 aliphatic heterocycles. The molecule has 0 fully saturated rings. The third kappa shape index (κ3) is 7.15. The Kier molecular flexibility index (Phi) is 8.39. The lowest BCUT2D eigenvalue weighted by molar-refractivity contribution is -0.143. The number of rotatable bonds is 9. The Hall–Kier alpha value is -1.10. The lowest BCUT2D eigenvalue weighted by Crippen LogP contribution is -2.50. The number of hydrogen-bond donors (Lipinski definition) is 2. The summed E-state index contributed by atoms with van der Waals surface area (Å²) in [6.07, 6.45) is 2.55. The molecule has 0 aliphatic carbocycles. The second kappa shape index (κ2) is 8.91. The van der Waals surface area contributed by atoms with Crippen molar-refractivity contribution >= 4 is 11.9 Å². The molecule has 0 aliphatic rings. The molecule has 0 bridgehead atoms. The first-order chi connectivity index (χ1) is 8.79. The molecule has 112 valence electrons. The number of carbonyl (C=O) groups is 2. The van der Waals surface area contributed by atoms with Crippen LogP contribution in [0.15, 0.2) is 0 Å². The van der Waals surface area contributed by atoms with Crippen molar-refractivity contribution in [2.75, 3.05) is 13.6 Å². The predicted molar refractivity (Wildman–Crippen MR) is 76.0 cm³/mol. The van der Waals surface area contributed by atoms with Gasteiger partial charge in [0, 0.05) is 0 Å². The van der Waals surface area contributed by atoms with Gasteiger partial charge >= 0.3 is 5.97 Å². The number of likely N-dealkylation sites (N-methyl/N-ethyl adjacent to an activating group) is 1. The molecule has 0 spiro atoms. The first-order valence-electron chi connectivity index (χ1n) is 7.03. The lowest BCUT2D eigenvalue weighted by atomic mass is 10.0. The minimum Gasteiger partial charge on any atom is -0.480 e. The average molecular weight is 272 g/mol. The van der Waals surface area contributed by atoms with Crippen molar-refractivity contribution in [2.24, 2.45) is 5.92 Å². The summed E-state index contributed by atoms with van der Waals surface area (Å²) in [5, 5.41) is 11.7. The number of hydrogen-bond acceptors (Lipinski definition) is 3. The predicted octanol–water partition coefficient (Wildman–Crippen LogP) is 1.72. The maximum Gasteiger partial charge on any atom is 0.326 e. The molecule has 5 heteroatoms. The SMILES string of the molecule is CCCCN(C)C(C)C(=O)NC(CC(C)C)C(=O)O. The van der Waals surface area contributed by atoms with Gasteiger partial charge in [-0.25, -0.2) is 4.79 Å². The highest BCUT2D eigenvalue weighted by molar-refractivity contribution is 5.86. The zero-order chi connectivity index (χ0) is 15.0. The fourth-order valence-electron chi connectivity index (χ4n) is 1.79. The van der Waals surface area contributed by atoms with Gasteiger partial charge < -0.3 is 10.4 Å². The largest absolute Gasteiger partial charge is 0.480 e. The van der Waals surface area contributed by atoms with Crippen molar-refractivity contribution in [3.8, 4) is 0 Å². The maximum atomic E-state index is 12.0. The van der Waals surface area contributed by atoms with Crippen LogP contribution in [0.3, 0.4) is 0 Å². The summed E-state index contributed by atoms with van der Waals surface area (Å²) in [5.41, 5.74) is 0. The molecule has 0 radical (unpaired) electrons. The first kappa shape index (κ1) is 17.9. The van der Waals surface area contributed by atoms with Crippen LogP contribution in [0.2, 0.25) is 0 Å². The second-order valence-corrected chi connectivity index (χ2v) is 5.54. The topological polar surface area (TPSA) is 69.6 Å². The highest BCUT2D eigenvalue weighted by Gasteiger charge is 2.25. The third-order valence-electron chi connectivity index (χ3n) is 3.23. The van der Waals surface area contributed by atoms with Gasteiger partial charge in [0.05, 0.1) is 6.04 Å². The summed E-state index contributed by atoms with van der Waals surface area (Å²) in [5.74, 6) is -0.952. The molecule has 0 rings (SSSR count). The number of aliphatic carboxylic acids is 1. The van der Waals surface area contributed by atoms with Crippen LogP contribution >= 0.6 is 0 Å². The van der Waals surface area contributed by atoms with Gasteiger partial charge in [0.2, 0.25) is 5.91 Å². The molecule has 2 atom stereocenters. The molecular formula is C14H28N2O3. The fourth-order valence-corrected chi connectivity index (χ4v) is 1.79. The Morgan fingerprint density at radius 2 is 1.84 bits per heavy atom. The summed E-state index contributed by atoms with van der Waals surface area (Å²) in [6, 6.07) is -1.10. The Morgan fingerprint density at radius 3 is 2.26 bits per heavy atom. The van der Waals surface area contributed by atoms with E-state index in [9.17, 15) is 9.59 Å². The average Bonchev–Trinajstić information content (AvgIpc) is 2.33. The summed E-state index contributed by atoms with van der Waals surface area (Å²) < 4.78 is 0. The van der Waals surface area contributed by atoms with Crippen molar-refractivity contribution in [1.29, 1.82) is 0 Å². The molecule has 2 N–H and O–H groups in total. The second-order valence-electron chi connectivity index (χ2n) is 5.54. The molecule has 0 aromatic carbocycles. The Morgan fingerprint density at radius 1 is 1.26 bits per heavy atom. The summed E-state index contributed by atoms with van der Waals surface area (Å²) >= 11 is 0. The van der Waals surface area contributed by atoms with Crippen LogP contribution in [-0.4, -0.2) is 47.6 Å². The molecule has 0 aromatic heterocycles. The summed E-state index contributed by atoms with van der Waals surface area (Å²) in [6.45, 7) is 8.63. The van der Waals surface area contributed by atoms with Crippen LogP contribution in [0.25, 0.3) is 0 Å². The van der Waals surface area contributed by atoms with Crippen LogP contribution in [0.4, 0.5) is 0 Å². The minimum atomic E-state index is -0.967. The van der Waals surface area contributed by atoms with E-state index in [0.29, 0.717) is 6.42 Å². The van der Waals surface area contributed by atoms with Crippen LogP contribution in [-0.2, 0) is 9.59 Å². The summed E-state index contributed by atoms with van der Waals surface area (Å²) in [4.78, 5) is 25.1. The standard InChI is InChI=1S/C14H28N2O3/c1-6-7-8-16(5)11(4)13(17)15-12(14(18)19)9-10(2)3/h10-12H,6-9H2,1-5H3,(H,15,17)(H,18,19). The van der Waals surface area contributed by atoms with Gasteiger partial charge in [-0.2, -0.15) is 0 Å². The number of nitrogens with one attached hydrogen (secondary N) is 1. The molecule has 2 unspecified atom stereocenters. The Balaban J connectivity index is 4.42. The molecule has 19 heavy (non-hydrogen) atoms. The van der Waals surface area contributed by atoms with Gasteiger partial charge in [-0.1, -0.05) is 27.2 Å². The molecule has 0 saturated carbocycles. The number of unbranched alkanes of at least 4 members (excludes halogenated alkanes) is 1. The zero-order valence-electron chi connectivity index (χ0n) is 12.8. The van der Waals surface area contributed by atoms with E-state index in [2.05, 4.69) is 12.2 Å². The van der Waals surface area contributed by atoms with Crippen molar-refractivity contribution < 1.29 is 14.7 Å². The minimum absolute atomic E-state index is 0.216. The number of carboxylic acid groups (broad SMARTS) is 1. The first-order valence-corrected chi connectivity index (χ1v) is 7.03. The Labute approximate surface area is 116 Å². The van der Waals surface area contributed by atoms with E-state index in [1.165, 1.54) is 0 Å². The van der Waals surface area contributed by atoms with Crippen LogP contribution in [0.1, 0.15) is 47.0 Å². The number of amides is 1. The van der Waals surface area contributed by atoms with E-state index in [4.69, 9.17) is 5.11 Å². The molecule has 0 saturated heterocycles. The molecule has 1 amide bonds. The van der Waals surface area contributed by atoms with Gasteiger partial charge in [0.15, 0.2) is 0 Å². The lowest BCUT2D eigenvalue weighted by Gasteiger charge is -2.25. The van der Waals surface area contributed by atoms with Gasteiger partial charge in [-0.15, -0.1) is 0 Å². The highest BCUT2D eigenvalue weighted by atomic mass is 16.4. The molecule has 5 nitrogen and oxygen atoms in total. The van der Waals surface area contributed by atoms with Gasteiger partial charge in [0.1, 0.15) is 6.04 Å². The number of nitrogens with zero attached hydrogens (tertiary/aromatic N) is 1. The smallest absolute Gasteiger partial charge is 0.326 e. The van der Waals surface area contributed by atoms with Crippen LogP contribution < -0.4 is 5.32 Å². The van der Waals surface area contributed by atoms with Gasteiger partial charge in [0.25, 0.3) is 0 Å². The quantitative estimate of drug-likeness (QED) is 0.670. The normalized spacial score (nSPS) is 14.5. The van der Waals surface area contributed by atoms with Crippen LogP contribution in [0, 0.1) is 5.92 Å². The summed E-state index contributed by atoms with van der Waals surface area (Å²) in [7, 11) is 1.89. The number of carboxylic acids is 1. The monoisotopic (exact) mass is 272 g/mol. The molecule has 0 aromatic rings. The van der Waals surface area contributed by atoms with E-state index in [1.54, 1.807) is 6.92 Å². The van der Waals surface area contributed by atoms with Crippen molar-refractivity contribution in [3.05, 3.63) is 0 Å². The number of carbonyl (C=O) groups excluding carboxylic acids is 1. The van der Waals surface area contributed by atoms with Gasteiger partial charge in [-0.05, 0) is 39.3 Å². The van der Waals surface area contributed by atoms with Crippen molar-refractivity contribution in [2.45, 2.75) is 59.0 Å². The fraction of sp³-hybridized carbons (Fsp3) is 0.857. The van der Waals surface area contributed by atoms with E-state index >= 15 is 0 Å².